The van der Waals surface area contributed by atoms with Gasteiger partial charge in [-0.1, -0.05) is 6.07 Å². The molecule has 0 saturated carbocycles. The molecule has 1 fully saturated rings. The summed E-state index contributed by atoms with van der Waals surface area (Å²) in [4.78, 5) is 20.0. The number of hydrogen-bond acceptors (Lipinski definition) is 4. The summed E-state index contributed by atoms with van der Waals surface area (Å²) in [5.41, 5.74) is 1.83. The Labute approximate surface area is 128 Å². The van der Waals surface area contributed by atoms with Crippen LogP contribution < -0.4 is 0 Å². The van der Waals surface area contributed by atoms with E-state index in [9.17, 15) is 4.79 Å². The molecule has 0 aliphatic carbocycles. The van der Waals surface area contributed by atoms with Gasteiger partial charge in [0.1, 0.15) is 12.2 Å². The monoisotopic (exact) mass is 302 g/mol. The molecule has 0 radical (unpaired) electrons. The zero-order chi connectivity index (χ0) is 14.8. The predicted molar refractivity (Wildman–Crippen MR) is 82.6 cm³/mol. The summed E-state index contributed by atoms with van der Waals surface area (Å²) < 4.78 is 0. The fraction of sp³-hybridized carbons (Fsp3) is 0.400. The second-order valence-corrected chi connectivity index (χ2v) is 6.17. The van der Waals surface area contributed by atoms with Crippen LogP contribution in [0.3, 0.4) is 0 Å². The maximum Gasteiger partial charge on any atom is 0.254 e. The third kappa shape index (κ3) is 2.81. The minimum absolute atomic E-state index is 0.116. The molecule has 6 heteroatoms. The van der Waals surface area contributed by atoms with Crippen molar-refractivity contribution in [3.63, 3.8) is 0 Å². The molecule has 2 heterocycles. The van der Waals surface area contributed by atoms with Crippen LogP contribution in [0.2, 0.25) is 0 Å². The maximum absolute atomic E-state index is 12.7. The van der Waals surface area contributed by atoms with Gasteiger partial charge < -0.3 is 4.90 Å². The average Bonchev–Trinajstić information content (AvgIpc) is 3.18. The molecule has 0 spiro atoms. The molecular formula is C15H18N4OS. The number of nitrogens with zero attached hydrogens (tertiary/aromatic N) is 3. The van der Waals surface area contributed by atoms with Crippen LogP contribution in [-0.2, 0) is 0 Å². The first-order valence-electron chi connectivity index (χ1n) is 6.98. The van der Waals surface area contributed by atoms with Gasteiger partial charge in [0.15, 0.2) is 0 Å². The number of hydrogen-bond donors (Lipinski definition) is 1. The third-order valence-electron chi connectivity index (χ3n) is 3.97. The van der Waals surface area contributed by atoms with Crippen molar-refractivity contribution < 1.29 is 4.79 Å². The number of nitrogens with one attached hydrogen (secondary N) is 1. The zero-order valence-electron chi connectivity index (χ0n) is 12.2. The van der Waals surface area contributed by atoms with Crippen LogP contribution in [-0.4, -0.2) is 45.3 Å². The van der Waals surface area contributed by atoms with Crippen molar-refractivity contribution in [1.82, 2.24) is 20.1 Å². The summed E-state index contributed by atoms with van der Waals surface area (Å²) in [6.07, 6.45) is 4.48. The van der Waals surface area contributed by atoms with Crippen LogP contribution >= 0.6 is 11.8 Å². The molecule has 1 N–H and O–H groups in total. The van der Waals surface area contributed by atoms with E-state index >= 15 is 0 Å². The lowest BCUT2D eigenvalue weighted by Gasteiger charge is -2.18. The van der Waals surface area contributed by atoms with E-state index in [1.54, 1.807) is 11.8 Å². The third-order valence-corrected chi connectivity index (χ3v) is 4.70. The quantitative estimate of drug-likeness (QED) is 0.885. The molecule has 0 unspecified atom stereocenters. The van der Waals surface area contributed by atoms with Crippen molar-refractivity contribution >= 4 is 17.7 Å². The molecule has 1 aromatic heterocycles. The van der Waals surface area contributed by atoms with Crippen molar-refractivity contribution in [3.05, 3.63) is 41.5 Å². The molecule has 1 atom stereocenters. The van der Waals surface area contributed by atoms with Crippen LogP contribution in [0.25, 0.3) is 0 Å². The van der Waals surface area contributed by atoms with Crippen molar-refractivity contribution in [1.29, 1.82) is 0 Å². The van der Waals surface area contributed by atoms with Gasteiger partial charge in [-0.15, -0.1) is 11.8 Å². The molecule has 2 aromatic rings. The Morgan fingerprint density at radius 2 is 2.33 bits per heavy atom. The Morgan fingerprint density at radius 3 is 3.05 bits per heavy atom. The van der Waals surface area contributed by atoms with Gasteiger partial charge in [-0.25, -0.2) is 4.98 Å². The Hall–Kier alpha value is -1.82. The normalized spacial score (nSPS) is 18.2. The van der Waals surface area contributed by atoms with Gasteiger partial charge >= 0.3 is 0 Å². The average molecular weight is 302 g/mol. The van der Waals surface area contributed by atoms with Crippen molar-refractivity contribution in [3.8, 4) is 0 Å². The van der Waals surface area contributed by atoms with E-state index in [0.29, 0.717) is 6.54 Å². The van der Waals surface area contributed by atoms with Crippen LogP contribution in [0.1, 0.15) is 34.1 Å². The Bertz CT molecular complexity index is 641. The standard InChI is InChI=1S/C15H18N4OS/c1-10-3-4-12(21-2)7-13(10)15(20)19-6-5-11(8-19)14-16-9-17-18-14/h3-4,7,9,11H,5-6,8H2,1-2H3,(H,16,17,18)/t11-/m0/s1. The van der Waals surface area contributed by atoms with Crippen molar-refractivity contribution in [2.75, 3.05) is 19.3 Å². The lowest BCUT2D eigenvalue weighted by atomic mass is 10.1. The zero-order valence-corrected chi connectivity index (χ0v) is 13.0. The second kappa shape index (κ2) is 5.89. The van der Waals surface area contributed by atoms with Crippen LogP contribution in [0, 0.1) is 6.92 Å². The number of H-pyrrole nitrogens is 1. The highest BCUT2D eigenvalue weighted by atomic mass is 32.2. The van der Waals surface area contributed by atoms with E-state index < -0.39 is 0 Å². The van der Waals surface area contributed by atoms with Gasteiger partial charge in [0, 0.05) is 29.5 Å². The van der Waals surface area contributed by atoms with Gasteiger partial charge in [0.25, 0.3) is 5.91 Å². The van der Waals surface area contributed by atoms with Gasteiger partial charge in [0.2, 0.25) is 0 Å². The molecule has 3 rings (SSSR count). The number of aromatic amines is 1. The maximum atomic E-state index is 12.7. The molecule has 110 valence electrons. The van der Waals surface area contributed by atoms with E-state index in [1.807, 2.05) is 30.2 Å². The molecule has 1 aliphatic heterocycles. The number of rotatable bonds is 3. The number of carbonyl (C=O) groups is 1. The van der Waals surface area contributed by atoms with Crippen molar-refractivity contribution in [2.24, 2.45) is 0 Å². The van der Waals surface area contributed by atoms with Gasteiger partial charge in [0.05, 0.1) is 0 Å². The molecule has 1 aromatic carbocycles. The summed E-state index contributed by atoms with van der Waals surface area (Å²) >= 11 is 1.66. The van der Waals surface area contributed by atoms with E-state index in [0.717, 1.165) is 34.8 Å². The molecule has 21 heavy (non-hydrogen) atoms. The Kier molecular flexibility index (Phi) is 3.96. The van der Waals surface area contributed by atoms with Gasteiger partial charge in [-0.3, -0.25) is 9.89 Å². The lowest BCUT2D eigenvalue weighted by molar-refractivity contribution is 0.0789. The van der Waals surface area contributed by atoms with Gasteiger partial charge in [-0.05, 0) is 37.3 Å². The minimum Gasteiger partial charge on any atom is -0.338 e. The molecule has 0 bridgehead atoms. The van der Waals surface area contributed by atoms with E-state index in [-0.39, 0.29) is 11.8 Å². The number of thioether (sulfide) groups is 1. The molecule has 1 amide bonds. The summed E-state index contributed by atoms with van der Waals surface area (Å²) in [5.74, 6) is 1.26. The minimum atomic E-state index is 0.116. The topological polar surface area (TPSA) is 61.9 Å². The summed E-state index contributed by atoms with van der Waals surface area (Å²) in [6.45, 7) is 3.46. The molecular weight excluding hydrogens is 284 g/mol. The van der Waals surface area contributed by atoms with Gasteiger partial charge in [-0.2, -0.15) is 5.10 Å². The van der Waals surface area contributed by atoms with Crippen LogP contribution in [0.5, 0.6) is 0 Å². The van der Waals surface area contributed by atoms with Crippen LogP contribution in [0.15, 0.2) is 29.4 Å². The highest BCUT2D eigenvalue weighted by Crippen LogP contribution is 2.27. The lowest BCUT2D eigenvalue weighted by Crippen LogP contribution is -2.29. The largest absolute Gasteiger partial charge is 0.338 e. The van der Waals surface area contributed by atoms with E-state index in [2.05, 4.69) is 21.2 Å². The number of aromatic nitrogens is 3. The highest BCUT2D eigenvalue weighted by molar-refractivity contribution is 7.98. The first kappa shape index (κ1) is 14.1. The Morgan fingerprint density at radius 1 is 1.48 bits per heavy atom. The summed E-state index contributed by atoms with van der Waals surface area (Å²) in [5, 5.41) is 6.79. The fourth-order valence-electron chi connectivity index (χ4n) is 2.71. The number of carbonyl (C=O) groups excluding carboxylic acids is 1. The number of aryl methyl sites for hydroxylation is 1. The summed E-state index contributed by atoms with van der Waals surface area (Å²) in [7, 11) is 0. The number of amides is 1. The van der Waals surface area contributed by atoms with Crippen molar-refractivity contribution in [2.45, 2.75) is 24.2 Å². The first-order valence-corrected chi connectivity index (χ1v) is 8.20. The van der Waals surface area contributed by atoms with E-state index in [4.69, 9.17) is 0 Å². The molecule has 5 nitrogen and oxygen atoms in total. The summed E-state index contributed by atoms with van der Waals surface area (Å²) in [6, 6.07) is 6.06. The smallest absolute Gasteiger partial charge is 0.254 e. The Balaban J connectivity index is 1.77. The number of likely N-dealkylation sites (tertiary alicyclic amines) is 1. The number of benzene rings is 1. The highest BCUT2D eigenvalue weighted by Gasteiger charge is 2.30. The van der Waals surface area contributed by atoms with Crippen LogP contribution in [0.4, 0.5) is 0 Å². The second-order valence-electron chi connectivity index (χ2n) is 5.29. The predicted octanol–water partition coefficient (Wildman–Crippen LogP) is 2.46. The fourth-order valence-corrected chi connectivity index (χ4v) is 3.15. The first-order chi connectivity index (χ1) is 10.2. The molecule has 1 aliphatic rings. The SMILES string of the molecule is CSc1ccc(C)c(C(=O)N2CC[C@H](c3ncn[nH]3)C2)c1. The molecule has 1 saturated heterocycles. The van der Waals surface area contributed by atoms with E-state index in [1.165, 1.54) is 6.33 Å².